The van der Waals surface area contributed by atoms with Crippen molar-refractivity contribution in [1.82, 2.24) is 5.32 Å². The van der Waals surface area contributed by atoms with E-state index in [-0.39, 0.29) is 24.0 Å². The van der Waals surface area contributed by atoms with Crippen LogP contribution in [0.25, 0.3) is 0 Å². The van der Waals surface area contributed by atoms with Crippen LogP contribution in [0.5, 0.6) is 0 Å². The molecule has 1 aromatic rings. The fourth-order valence-electron chi connectivity index (χ4n) is 3.62. The lowest BCUT2D eigenvalue weighted by molar-refractivity contribution is -0.133. The van der Waals surface area contributed by atoms with Crippen molar-refractivity contribution in [2.24, 2.45) is 0 Å². The van der Waals surface area contributed by atoms with Gasteiger partial charge in [0.05, 0.1) is 5.60 Å². The van der Waals surface area contributed by atoms with Gasteiger partial charge in [-0.05, 0) is 50.5 Å². The molecule has 7 heteroatoms. The molecule has 2 aliphatic rings. The molecule has 0 radical (unpaired) electrons. The Morgan fingerprint density at radius 1 is 1.27 bits per heavy atom. The van der Waals surface area contributed by atoms with E-state index in [2.05, 4.69) is 15.5 Å². The summed E-state index contributed by atoms with van der Waals surface area (Å²) >= 11 is 0. The molecule has 0 aromatic heterocycles. The minimum Gasteiger partial charge on any atom is -0.389 e. The van der Waals surface area contributed by atoms with E-state index in [4.69, 9.17) is 0 Å². The molecule has 0 bridgehead atoms. The Balaban J connectivity index is 1.56. The fraction of sp³-hybridized carbons (Fsp3) is 0.526. The predicted molar refractivity (Wildman–Crippen MR) is 97.9 cm³/mol. The zero-order chi connectivity index (χ0) is 18.7. The number of hydrogen-bond donors (Lipinski definition) is 3. The maximum absolute atomic E-state index is 11.8. The first kappa shape index (κ1) is 18.4. The summed E-state index contributed by atoms with van der Waals surface area (Å²) in [5.41, 5.74) is 0.993. The zero-order valence-electron chi connectivity index (χ0n) is 15.0. The molecule has 3 N–H and O–H groups in total. The van der Waals surface area contributed by atoms with E-state index >= 15 is 0 Å². The second-order valence-electron chi connectivity index (χ2n) is 7.29. The third-order valence-electron chi connectivity index (χ3n) is 5.08. The highest BCUT2D eigenvalue weighted by Gasteiger charge is 2.33. The van der Waals surface area contributed by atoms with E-state index in [0.29, 0.717) is 38.8 Å². The van der Waals surface area contributed by atoms with Gasteiger partial charge in [0.15, 0.2) is 0 Å². The van der Waals surface area contributed by atoms with Crippen LogP contribution in [0.4, 0.5) is 11.4 Å². The standard InChI is InChI=1S/C19H25N3O4/c1-13(23)12-19(26)8-10-22(11-9-19)15-4-2-14(3-5-15)20-16-6-7-17(24)21-18(16)25/h2-5,16,20,26H,6-12H2,1H3,(H,21,24,25). The van der Waals surface area contributed by atoms with Gasteiger partial charge in [-0.1, -0.05) is 0 Å². The number of ketones is 1. The molecule has 2 fully saturated rings. The highest BCUT2D eigenvalue weighted by molar-refractivity contribution is 6.01. The minimum absolute atomic E-state index is 0.0184. The van der Waals surface area contributed by atoms with E-state index < -0.39 is 11.6 Å². The monoisotopic (exact) mass is 359 g/mol. The van der Waals surface area contributed by atoms with Crippen molar-refractivity contribution in [2.45, 2.75) is 50.7 Å². The van der Waals surface area contributed by atoms with Gasteiger partial charge < -0.3 is 15.3 Å². The number of benzene rings is 1. The van der Waals surface area contributed by atoms with Gasteiger partial charge in [-0.25, -0.2) is 0 Å². The minimum atomic E-state index is -0.879. The number of Topliss-reactive ketones (excluding diaryl/α,β-unsaturated/α-hetero) is 1. The lowest BCUT2D eigenvalue weighted by atomic mass is 9.86. The SMILES string of the molecule is CC(=O)CC1(O)CCN(c2ccc(NC3CCC(=O)NC3=O)cc2)CC1. The molecule has 2 amide bonds. The van der Waals surface area contributed by atoms with Gasteiger partial charge in [-0.2, -0.15) is 0 Å². The number of rotatable bonds is 5. The molecular formula is C19H25N3O4. The highest BCUT2D eigenvalue weighted by Crippen LogP contribution is 2.29. The predicted octanol–water partition coefficient (Wildman–Crippen LogP) is 1.21. The van der Waals surface area contributed by atoms with Gasteiger partial charge in [-0.15, -0.1) is 0 Å². The number of piperidine rings is 2. The van der Waals surface area contributed by atoms with Crippen molar-refractivity contribution < 1.29 is 19.5 Å². The molecule has 2 heterocycles. The Kier molecular flexibility index (Phi) is 5.27. The third-order valence-corrected chi connectivity index (χ3v) is 5.08. The number of aliphatic hydroxyl groups is 1. The van der Waals surface area contributed by atoms with Gasteiger partial charge in [0.25, 0.3) is 0 Å². The first-order chi connectivity index (χ1) is 12.3. The van der Waals surface area contributed by atoms with E-state index in [0.717, 1.165) is 11.4 Å². The summed E-state index contributed by atoms with van der Waals surface area (Å²) < 4.78 is 0. The number of hydrogen-bond acceptors (Lipinski definition) is 6. The summed E-state index contributed by atoms with van der Waals surface area (Å²) in [4.78, 5) is 36.5. The normalized spacial score (nSPS) is 22.7. The summed E-state index contributed by atoms with van der Waals surface area (Å²) in [6.45, 7) is 2.91. The average Bonchev–Trinajstić information content (AvgIpc) is 2.58. The first-order valence-corrected chi connectivity index (χ1v) is 9.02. The van der Waals surface area contributed by atoms with Crippen LogP contribution in [0, 0.1) is 0 Å². The second kappa shape index (κ2) is 7.45. The molecule has 0 aliphatic carbocycles. The summed E-state index contributed by atoms with van der Waals surface area (Å²) in [6.07, 6.45) is 2.20. The number of nitrogens with zero attached hydrogens (tertiary/aromatic N) is 1. The van der Waals surface area contributed by atoms with Crippen molar-refractivity contribution in [2.75, 3.05) is 23.3 Å². The Bertz CT molecular complexity index is 693. The Morgan fingerprint density at radius 3 is 2.50 bits per heavy atom. The topological polar surface area (TPSA) is 98.7 Å². The highest BCUT2D eigenvalue weighted by atomic mass is 16.3. The number of carbonyl (C=O) groups is 3. The number of carbonyl (C=O) groups excluding carboxylic acids is 3. The lowest BCUT2D eigenvalue weighted by Gasteiger charge is -2.39. The van der Waals surface area contributed by atoms with Gasteiger partial charge in [-0.3, -0.25) is 19.7 Å². The molecule has 1 aromatic carbocycles. The zero-order valence-corrected chi connectivity index (χ0v) is 15.0. The van der Waals surface area contributed by atoms with Crippen LogP contribution in [-0.4, -0.2) is 47.4 Å². The molecule has 7 nitrogen and oxygen atoms in total. The van der Waals surface area contributed by atoms with Crippen LogP contribution >= 0.6 is 0 Å². The summed E-state index contributed by atoms with van der Waals surface area (Å²) in [7, 11) is 0. The number of imide groups is 1. The van der Waals surface area contributed by atoms with E-state index in [1.807, 2.05) is 24.3 Å². The molecule has 0 spiro atoms. The molecule has 3 rings (SSSR count). The van der Waals surface area contributed by atoms with Crippen molar-refractivity contribution in [3.05, 3.63) is 24.3 Å². The van der Waals surface area contributed by atoms with Crippen molar-refractivity contribution in [3.63, 3.8) is 0 Å². The van der Waals surface area contributed by atoms with E-state index in [1.165, 1.54) is 6.92 Å². The fourth-order valence-corrected chi connectivity index (χ4v) is 3.62. The van der Waals surface area contributed by atoms with Crippen LogP contribution < -0.4 is 15.5 Å². The van der Waals surface area contributed by atoms with Gasteiger partial charge >= 0.3 is 0 Å². The summed E-state index contributed by atoms with van der Waals surface area (Å²) in [5.74, 6) is -0.492. The van der Waals surface area contributed by atoms with Crippen LogP contribution in [0.15, 0.2) is 24.3 Å². The lowest BCUT2D eigenvalue weighted by Crippen LogP contribution is -2.47. The molecule has 2 aliphatic heterocycles. The second-order valence-corrected chi connectivity index (χ2v) is 7.29. The molecule has 140 valence electrons. The molecule has 2 saturated heterocycles. The van der Waals surface area contributed by atoms with Gasteiger partial charge in [0.1, 0.15) is 11.8 Å². The molecule has 1 atom stereocenters. The van der Waals surface area contributed by atoms with E-state index in [9.17, 15) is 19.5 Å². The molecule has 26 heavy (non-hydrogen) atoms. The number of nitrogens with one attached hydrogen (secondary N) is 2. The van der Waals surface area contributed by atoms with Crippen LogP contribution in [0.2, 0.25) is 0 Å². The summed E-state index contributed by atoms with van der Waals surface area (Å²) in [5, 5.41) is 16.0. The maximum Gasteiger partial charge on any atom is 0.249 e. The van der Waals surface area contributed by atoms with Gasteiger partial charge in [0.2, 0.25) is 11.8 Å². The average molecular weight is 359 g/mol. The maximum atomic E-state index is 11.8. The Labute approximate surface area is 152 Å². The molecule has 1 unspecified atom stereocenters. The van der Waals surface area contributed by atoms with Crippen LogP contribution in [0.3, 0.4) is 0 Å². The van der Waals surface area contributed by atoms with Crippen LogP contribution in [0.1, 0.15) is 39.0 Å². The molecular weight excluding hydrogens is 334 g/mol. The van der Waals surface area contributed by atoms with E-state index in [1.54, 1.807) is 0 Å². The van der Waals surface area contributed by atoms with Crippen molar-refractivity contribution in [1.29, 1.82) is 0 Å². The Morgan fingerprint density at radius 2 is 1.92 bits per heavy atom. The Hall–Kier alpha value is -2.41. The third kappa shape index (κ3) is 4.40. The van der Waals surface area contributed by atoms with Gasteiger partial charge in [0, 0.05) is 37.3 Å². The molecule has 0 saturated carbocycles. The largest absolute Gasteiger partial charge is 0.389 e. The quantitative estimate of drug-likeness (QED) is 0.684. The van der Waals surface area contributed by atoms with Crippen LogP contribution in [-0.2, 0) is 14.4 Å². The number of amides is 2. The van der Waals surface area contributed by atoms with Crippen molar-refractivity contribution >= 4 is 29.0 Å². The smallest absolute Gasteiger partial charge is 0.249 e. The summed E-state index contributed by atoms with van der Waals surface area (Å²) in [6, 6.07) is 7.38. The van der Waals surface area contributed by atoms with Crippen molar-refractivity contribution in [3.8, 4) is 0 Å². The number of anilines is 2. The first-order valence-electron chi connectivity index (χ1n) is 9.02.